The first-order valence-corrected chi connectivity index (χ1v) is 6.16. The van der Waals surface area contributed by atoms with E-state index in [1.165, 1.54) is 0 Å². The number of hydrogen-bond donors (Lipinski definition) is 1. The molecule has 2 aromatic rings. The normalized spacial score (nSPS) is 24.7. The molecule has 0 spiro atoms. The third-order valence-electron chi connectivity index (χ3n) is 3.34. The lowest BCUT2D eigenvalue weighted by Gasteiger charge is -2.38. The Morgan fingerprint density at radius 1 is 1.50 bits per heavy atom. The number of nitrogens with zero attached hydrogens (tertiary/aromatic N) is 4. The average molecular weight is 247 g/mol. The summed E-state index contributed by atoms with van der Waals surface area (Å²) < 4.78 is 7.50. The van der Waals surface area contributed by atoms with E-state index in [-0.39, 0.29) is 6.10 Å². The van der Waals surface area contributed by atoms with Gasteiger partial charge in [0.25, 0.3) is 0 Å². The van der Waals surface area contributed by atoms with Crippen LogP contribution >= 0.6 is 0 Å². The highest BCUT2D eigenvalue weighted by atomic mass is 16.5. The summed E-state index contributed by atoms with van der Waals surface area (Å²) in [6.07, 6.45) is 5.48. The molecule has 2 N–H and O–H groups in total. The topological polar surface area (TPSA) is 68.7 Å². The van der Waals surface area contributed by atoms with Crippen molar-refractivity contribution >= 4 is 11.3 Å². The summed E-state index contributed by atoms with van der Waals surface area (Å²) in [6, 6.07) is 2.27. The minimum Gasteiger partial charge on any atom is -0.373 e. The monoisotopic (exact) mass is 247 g/mol. The zero-order valence-electron chi connectivity index (χ0n) is 10.4. The van der Waals surface area contributed by atoms with Crippen LogP contribution in [-0.2, 0) is 4.74 Å². The van der Waals surface area contributed by atoms with E-state index in [1.807, 2.05) is 16.8 Å². The van der Waals surface area contributed by atoms with Crippen molar-refractivity contribution in [3.63, 3.8) is 0 Å². The number of aromatic nitrogens is 3. The van der Waals surface area contributed by atoms with Gasteiger partial charge >= 0.3 is 0 Å². The first kappa shape index (κ1) is 11.4. The molecule has 2 aromatic heterocycles. The number of rotatable bonds is 2. The molecule has 0 saturated carbocycles. The van der Waals surface area contributed by atoms with Crippen LogP contribution in [0.2, 0.25) is 0 Å². The highest BCUT2D eigenvalue weighted by molar-refractivity contribution is 5.68. The fourth-order valence-electron chi connectivity index (χ4n) is 2.32. The van der Waals surface area contributed by atoms with Gasteiger partial charge in [0.2, 0.25) is 0 Å². The predicted octanol–water partition coefficient (Wildman–Crippen LogP) is 0.282. The maximum atomic E-state index is 5.69. The minimum absolute atomic E-state index is 0.0752. The van der Waals surface area contributed by atoms with Gasteiger partial charge in [-0.05, 0) is 13.0 Å². The number of anilines is 1. The molecule has 0 aliphatic carbocycles. The average Bonchev–Trinajstić information content (AvgIpc) is 2.87. The molecule has 0 radical (unpaired) electrons. The minimum atomic E-state index is 0.0752. The van der Waals surface area contributed by atoms with E-state index >= 15 is 0 Å². The van der Waals surface area contributed by atoms with Crippen molar-refractivity contribution < 1.29 is 4.74 Å². The summed E-state index contributed by atoms with van der Waals surface area (Å²) in [6.45, 7) is 4.12. The maximum absolute atomic E-state index is 5.69. The molecular weight excluding hydrogens is 230 g/mol. The summed E-state index contributed by atoms with van der Waals surface area (Å²) in [7, 11) is 0. The van der Waals surface area contributed by atoms with Gasteiger partial charge in [0.05, 0.1) is 24.9 Å². The molecule has 0 amide bonds. The van der Waals surface area contributed by atoms with Gasteiger partial charge < -0.3 is 15.4 Å². The molecule has 3 heterocycles. The molecule has 3 rings (SSSR count). The van der Waals surface area contributed by atoms with Gasteiger partial charge in [0.15, 0.2) is 5.82 Å². The highest BCUT2D eigenvalue weighted by Crippen LogP contribution is 2.23. The molecule has 2 atom stereocenters. The van der Waals surface area contributed by atoms with Crippen LogP contribution in [0, 0.1) is 0 Å². The SMILES string of the molecule is CC1COC(CN)CN1c1nccn2nccc12. The van der Waals surface area contributed by atoms with Crippen LogP contribution in [0.1, 0.15) is 6.92 Å². The molecule has 2 unspecified atom stereocenters. The van der Waals surface area contributed by atoms with Gasteiger partial charge in [0, 0.05) is 25.5 Å². The van der Waals surface area contributed by atoms with Crippen molar-refractivity contribution in [2.75, 3.05) is 24.6 Å². The van der Waals surface area contributed by atoms with Crippen LogP contribution < -0.4 is 10.6 Å². The second-order valence-corrected chi connectivity index (χ2v) is 4.60. The third kappa shape index (κ3) is 1.83. The lowest BCUT2D eigenvalue weighted by molar-refractivity contribution is 0.0281. The highest BCUT2D eigenvalue weighted by Gasteiger charge is 2.27. The van der Waals surface area contributed by atoms with Crippen molar-refractivity contribution in [3.05, 3.63) is 24.7 Å². The summed E-state index contributed by atoms with van der Waals surface area (Å²) in [5.74, 6) is 0.948. The van der Waals surface area contributed by atoms with Crippen LogP contribution in [0.15, 0.2) is 24.7 Å². The van der Waals surface area contributed by atoms with E-state index < -0.39 is 0 Å². The van der Waals surface area contributed by atoms with Crippen molar-refractivity contribution in [3.8, 4) is 0 Å². The zero-order chi connectivity index (χ0) is 12.5. The van der Waals surface area contributed by atoms with Gasteiger partial charge in [-0.2, -0.15) is 5.10 Å². The first-order valence-electron chi connectivity index (χ1n) is 6.16. The Kier molecular flexibility index (Phi) is 2.89. The van der Waals surface area contributed by atoms with Gasteiger partial charge in [-0.15, -0.1) is 0 Å². The molecule has 0 aromatic carbocycles. The molecule has 0 bridgehead atoms. The molecule has 96 valence electrons. The fraction of sp³-hybridized carbons (Fsp3) is 0.500. The predicted molar refractivity (Wildman–Crippen MR) is 68.6 cm³/mol. The largest absolute Gasteiger partial charge is 0.373 e. The number of ether oxygens (including phenoxy) is 1. The lowest BCUT2D eigenvalue weighted by Crippen LogP contribution is -2.51. The summed E-state index contributed by atoms with van der Waals surface area (Å²) >= 11 is 0. The van der Waals surface area contributed by atoms with Crippen LogP contribution in [0.5, 0.6) is 0 Å². The maximum Gasteiger partial charge on any atom is 0.155 e. The first-order chi connectivity index (χ1) is 8.79. The van der Waals surface area contributed by atoms with Crippen LogP contribution in [0.25, 0.3) is 5.52 Å². The standard InChI is InChI=1S/C12H17N5O/c1-9-8-18-10(6-13)7-16(9)12-11-2-3-15-17(11)5-4-14-12/h2-5,9-10H,6-8,13H2,1H3. The molecule has 18 heavy (non-hydrogen) atoms. The summed E-state index contributed by atoms with van der Waals surface area (Å²) in [5, 5.41) is 4.23. The van der Waals surface area contributed by atoms with E-state index in [4.69, 9.17) is 10.5 Å². The van der Waals surface area contributed by atoms with Gasteiger partial charge in [-0.1, -0.05) is 0 Å². The van der Waals surface area contributed by atoms with Gasteiger partial charge in [-0.3, -0.25) is 0 Å². The third-order valence-corrected chi connectivity index (χ3v) is 3.34. The van der Waals surface area contributed by atoms with Crippen LogP contribution in [0.3, 0.4) is 0 Å². The van der Waals surface area contributed by atoms with Crippen molar-refractivity contribution in [2.24, 2.45) is 5.73 Å². The second-order valence-electron chi connectivity index (χ2n) is 4.60. The molecule has 1 aliphatic rings. The second kappa shape index (κ2) is 4.55. The Balaban J connectivity index is 1.99. The number of fused-ring (bicyclic) bond motifs is 1. The molecular formula is C12H17N5O. The Morgan fingerprint density at radius 2 is 2.39 bits per heavy atom. The Hall–Kier alpha value is -1.66. The lowest BCUT2D eigenvalue weighted by atomic mass is 10.2. The van der Waals surface area contributed by atoms with E-state index in [2.05, 4.69) is 21.9 Å². The Bertz CT molecular complexity index is 540. The summed E-state index contributed by atoms with van der Waals surface area (Å²) in [4.78, 5) is 6.74. The van der Waals surface area contributed by atoms with Crippen molar-refractivity contribution in [1.29, 1.82) is 0 Å². The number of morpholine rings is 1. The Morgan fingerprint density at radius 3 is 3.22 bits per heavy atom. The van der Waals surface area contributed by atoms with Crippen molar-refractivity contribution in [1.82, 2.24) is 14.6 Å². The Labute approximate surface area is 105 Å². The molecule has 1 aliphatic heterocycles. The van der Waals surface area contributed by atoms with E-state index in [0.717, 1.165) is 17.9 Å². The van der Waals surface area contributed by atoms with Crippen LogP contribution in [-0.4, -0.2) is 46.4 Å². The van der Waals surface area contributed by atoms with Gasteiger partial charge in [-0.25, -0.2) is 9.50 Å². The van der Waals surface area contributed by atoms with E-state index in [0.29, 0.717) is 19.2 Å². The summed E-state index contributed by atoms with van der Waals surface area (Å²) in [5.41, 5.74) is 6.71. The molecule has 1 saturated heterocycles. The van der Waals surface area contributed by atoms with Crippen molar-refractivity contribution in [2.45, 2.75) is 19.1 Å². The fourth-order valence-corrected chi connectivity index (χ4v) is 2.32. The molecule has 6 nitrogen and oxygen atoms in total. The van der Waals surface area contributed by atoms with E-state index in [1.54, 1.807) is 12.4 Å². The van der Waals surface area contributed by atoms with Gasteiger partial charge in [0.1, 0.15) is 5.52 Å². The zero-order valence-corrected chi connectivity index (χ0v) is 10.4. The number of nitrogens with two attached hydrogens (primary N) is 1. The smallest absolute Gasteiger partial charge is 0.155 e. The van der Waals surface area contributed by atoms with E-state index in [9.17, 15) is 0 Å². The molecule has 1 fully saturated rings. The van der Waals surface area contributed by atoms with Crippen LogP contribution in [0.4, 0.5) is 5.82 Å². The quantitative estimate of drug-likeness (QED) is 0.825. The molecule has 6 heteroatoms. The number of hydrogen-bond acceptors (Lipinski definition) is 5.